The van der Waals surface area contributed by atoms with Gasteiger partial charge in [-0.2, -0.15) is 0 Å². The molecule has 1 unspecified atom stereocenters. The molecule has 2 nitrogen and oxygen atoms in total. The SMILES string of the molecule is COc1ccc(C(O)Cc2ccc(F)cc2)c(Cl)c1. The molecule has 100 valence electrons. The molecule has 0 radical (unpaired) electrons. The molecule has 4 heteroatoms. The minimum absolute atomic E-state index is 0.291. The fourth-order valence-electron chi connectivity index (χ4n) is 1.86. The summed E-state index contributed by atoms with van der Waals surface area (Å²) >= 11 is 6.09. The van der Waals surface area contributed by atoms with E-state index in [4.69, 9.17) is 16.3 Å². The third-order valence-corrected chi connectivity index (χ3v) is 3.24. The Morgan fingerprint density at radius 2 is 1.89 bits per heavy atom. The summed E-state index contributed by atoms with van der Waals surface area (Å²) in [6.45, 7) is 0. The van der Waals surface area contributed by atoms with E-state index in [2.05, 4.69) is 0 Å². The highest BCUT2D eigenvalue weighted by atomic mass is 35.5. The second-order valence-electron chi connectivity index (χ2n) is 4.23. The first-order valence-corrected chi connectivity index (χ1v) is 6.24. The van der Waals surface area contributed by atoms with Gasteiger partial charge in [-0.3, -0.25) is 0 Å². The number of hydrogen-bond donors (Lipinski definition) is 1. The van der Waals surface area contributed by atoms with Gasteiger partial charge in [0.1, 0.15) is 11.6 Å². The van der Waals surface area contributed by atoms with Gasteiger partial charge in [0.2, 0.25) is 0 Å². The Morgan fingerprint density at radius 1 is 1.21 bits per heavy atom. The van der Waals surface area contributed by atoms with E-state index < -0.39 is 6.10 Å². The van der Waals surface area contributed by atoms with Crippen LogP contribution < -0.4 is 4.74 Å². The van der Waals surface area contributed by atoms with Gasteiger partial charge in [-0.1, -0.05) is 29.8 Å². The number of aliphatic hydroxyl groups is 1. The Labute approximate surface area is 116 Å². The first-order chi connectivity index (χ1) is 9.10. The number of benzene rings is 2. The van der Waals surface area contributed by atoms with Gasteiger partial charge in [-0.05, 0) is 35.4 Å². The van der Waals surface area contributed by atoms with E-state index in [0.717, 1.165) is 5.56 Å². The molecular formula is C15H14ClFO2. The Kier molecular flexibility index (Phi) is 4.40. The van der Waals surface area contributed by atoms with Gasteiger partial charge in [-0.25, -0.2) is 4.39 Å². The van der Waals surface area contributed by atoms with Crippen LogP contribution in [0.4, 0.5) is 4.39 Å². The van der Waals surface area contributed by atoms with Gasteiger partial charge in [0.05, 0.1) is 18.2 Å². The van der Waals surface area contributed by atoms with E-state index in [1.54, 1.807) is 37.4 Å². The van der Waals surface area contributed by atoms with Gasteiger partial charge in [0, 0.05) is 6.42 Å². The number of hydrogen-bond acceptors (Lipinski definition) is 2. The van der Waals surface area contributed by atoms with Crippen LogP contribution in [0.25, 0.3) is 0 Å². The molecule has 1 N–H and O–H groups in total. The van der Waals surface area contributed by atoms with Gasteiger partial charge >= 0.3 is 0 Å². The summed E-state index contributed by atoms with van der Waals surface area (Å²) < 4.78 is 17.9. The molecule has 0 amide bonds. The molecule has 1 atom stereocenters. The molecule has 0 saturated carbocycles. The largest absolute Gasteiger partial charge is 0.497 e. The van der Waals surface area contributed by atoms with E-state index in [1.165, 1.54) is 12.1 Å². The zero-order chi connectivity index (χ0) is 13.8. The van der Waals surface area contributed by atoms with Crippen LogP contribution in [0, 0.1) is 5.82 Å². The first kappa shape index (κ1) is 13.8. The summed E-state index contributed by atoms with van der Waals surface area (Å²) in [5, 5.41) is 10.6. The lowest BCUT2D eigenvalue weighted by Crippen LogP contribution is -2.03. The average Bonchev–Trinajstić information content (AvgIpc) is 2.41. The standard InChI is InChI=1S/C15H14ClFO2/c1-19-12-6-7-13(14(16)9-12)15(18)8-10-2-4-11(17)5-3-10/h2-7,9,15,18H,8H2,1H3. The monoisotopic (exact) mass is 280 g/mol. The smallest absolute Gasteiger partial charge is 0.123 e. The van der Waals surface area contributed by atoms with Crippen molar-refractivity contribution in [2.75, 3.05) is 7.11 Å². The Balaban J connectivity index is 2.15. The van der Waals surface area contributed by atoms with Crippen LogP contribution in [0.15, 0.2) is 42.5 Å². The third-order valence-electron chi connectivity index (χ3n) is 2.91. The molecule has 2 aromatic carbocycles. The Hall–Kier alpha value is -1.58. The van der Waals surface area contributed by atoms with Crippen LogP contribution in [0.2, 0.25) is 5.02 Å². The van der Waals surface area contributed by atoms with Crippen LogP contribution in [-0.2, 0) is 6.42 Å². The van der Waals surface area contributed by atoms with E-state index in [-0.39, 0.29) is 5.82 Å². The highest BCUT2D eigenvalue weighted by molar-refractivity contribution is 6.31. The summed E-state index contributed by atoms with van der Waals surface area (Å²) in [6, 6.07) is 11.2. The van der Waals surface area contributed by atoms with Crippen LogP contribution in [0.3, 0.4) is 0 Å². The van der Waals surface area contributed by atoms with E-state index in [1.807, 2.05) is 0 Å². The highest BCUT2D eigenvalue weighted by Gasteiger charge is 2.13. The molecule has 0 aliphatic heterocycles. The lowest BCUT2D eigenvalue weighted by Gasteiger charge is -2.13. The maximum atomic E-state index is 12.8. The molecule has 0 aliphatic rings. The topological polar surface area (TPSA) is 29.5 Å². The van der Waals surface area contributed by atoms with Crippen molar-refractivity contribution in [1.29, 1.82) is 0 Å². The number of ether oxygens (including phenoxy) is 1. The number of rotatable bonds is 4. The van der Waals surface area contributed by atoms with Crippen LogP contribution in [0.1, 0.15) is 17.2 Å². The van der Waals surface area contributed by atoms with Crippen molar-refractivity contribution in [2.24, 2.45) is 0 Å². The van der Waals surface area contributed by atoms with Crippen molar-refractivity contribution >= 4 is 11.6 Å². The minimum Gasteiger partial charge on any atom is -0.497 e. The van der Waals surface area contributed by atoms with Crippen molar-refractivity contribution < 1.29 is 14.2 Å². The van der Waals surface area contributed by atoms with Gasteiger partial charge in [0.25, 0.3) is 0 Å². The Bertz CT molecular complexity index is 555. The fourth-order valence-corrected chi connectivity index (χ4v) is 2.16. The summed E-state index contributed by atoms with van der Waals surface area (Å²) in [6.07, 6.45) is -0.351. The fraction of sp³-hybridized carbons (Fsp3) is 0.200. The molecule has 0 saturated heterocycles. The highest BCUT2D eigenvalue weighted by Crippen LogP contribution is 2.29. The van der Waals surface area contributed by atoms with Gasteiger partial charge in [-0.15, -0.1) is 0 Å². The molecule has 2 aromatic rings. The van der Waals surface area contributed by atoms with E-state index >= 15 is 0 Å². The predicted octanol–water partition coefficient (Wildman–Crippen LogP) is 3.76. The van der Waals surface area contributed by atoms with Crippen molar-refractivity contribution in [3.8, 4) is 5.75 Å². The zero-order valence-electron chi connectivity index (χ0n) is 10.4. The van der Waals surface area contributed by atoms with Crippen molar-refractivity contribution in [3.05, 3.63) is 64.4 Å². The minimum atomic E-state index is -0.733. The summed E-state index contributed by atoms with van der Waals surface area (Å²) in [7, 11) is 1.56. The van der Waals surface area contributed by atoms with Gasteiger partial charge in [0.15, 0.2) is 0 Å². The van der Waals surface area contributed by atoms with E-state index in [0.29, 0.717) is 22.8 Å². The second kappa shape index (κ2) is 6.04. The molecule has 0 aliphatic carbocycles. The maximum absolute atomic E-state index is 12.8. The molecule has 0 bridgehead atoms. The van der Waals surface area contributed by atoms with Crippen LogP contribution >= 0.6 is 11.6 Å². The molecule has 19 heavy (non-hydrogen) atoms. The second-order valence-corrected chi connectivity index (χ2v) is 4.64. The number of aliphatic hydroxyl groups excluding tert-OH is 1. The molecule has 0 spiro atoms. The average molecular weight is 281 g/mol. The zero-order valence-corrected chi connectivity index (χ0v) is 11.2. The van der Waals surface area contributed by atoms with Crippen molar-refractivity contribution in [3.63, 3.8) is 0 Å². The molecule has 2 rings (SSSR count). The van der Waals surface area contributed by atoms with Crippen molar-refractivity contribution in [1.82, 2.24) is 0 Å². The van der Waals surface area contributed by atoms with Crippen molar-refractivity contribution in [2.45, 2.75) is 12.5 Å². The van der Waals surface area contributed by atoms with Crippen LogP contribution in [0.5, 0.6) is 5.75 Å². The molecule has 0 heterocycles. The lowest BCUT2D eigenvalue weighted by atomic mass is 10.0. The lowest BCUT2D eigenvalue weighted by molar-refractivity contribution is 0.178. The molecule has 0 fully saturated rings. The molecule has 0 aromatic heterocycles. The van der Waals surface area contributed by atoms with Crippen LogP contribution in [-0.4, -0.2) is 12.2 Å². The van der Waals surface area contributed by atoms with Gasteiger partial charge < -0.3 is 9.84 Å². The summed E-state index contributed by atoms with van der Waals surface area (Å²) in [5.74, 6) is 0.350. The normalized spacial score (nSPS) is 12.2. The third kappa shape index (κ3) is 3.46. The maximum Gasteiger partial charge on any atom is 0.123 e. The summed E-state index contributed by atoms with van der Waals surface area (Å²) in [4.78, 5) is 0. The van der Waals surface area contributed by atoms with E-state index in [9.17, 15) is 9.50 Å². The molecular weight excluding hydrogens is 267 g/mol. The quantitative estimate of drug-likeness (QED) is 0.924. The first-order valence-electron chi connectivity index (χ1n) is 5.86. The predicted molar refractivity (Wildman–Crippen MR) is 73.1 cm³/mol. The number of halogens is 2. The number of methoxy groups -OCH3 is 1. The Morgan fingerprint density at radius 3 is 2.47 bits per heavy atom. The summed E-state index contributed by atoms with van der Waals surface area (Å²) in [5.41, 5.74) is 1.48.